The second-order valence-electron chi connectivity index (χ2n) is 8.37. The molecular weight excluding hydrogens is 456 g/mol. The van der Waals surface area contributed by atoms with E-state index in [0.29, 0.717) is 17.8 Å². The summed E-state index contributed by atoms with van der Waals surface area (Å²) in [5.41, 5.74) is 2.60. The summed E-state index contributed by atoms with van der Waals surface area (Å²) in [6, 6.07) is 12.3. The lowest BCUT2D eigenvalue weighted by Gasteiger charge is -2.16. The molecule has 0 saturated carbocycles. The summed E-state index contributed by atoms with van der Waals surface area (Å²) in [6.07, 6.45) is 5.90. The van der Waals surface area contributed by atoms with E-state index in [2.05, 4.69) is 10.0 Å². The molecule has 0 saturated heterocycles. The smallest absolute Gasteiger partial charge is 0.272 e. The molecule has 1 aliphatic heterocycles. The van der Waals surface area contributed by atoms with Crippen LogP contribution in [0.5, 0.6) is 0 Å². The summed E-state index contributed by atoms with van der Waals surface area (Å²) in [4.78, 5) is 13.9. The Morgan fingerprint density at radius 1 is 1.29 bits per heavy atom. The molecule has 3 N–H and O–H groups in total. The van der Waals surface area contributed by atoms with Gasteiger partial charge in [-0.05, 0) is 84.4 Å². The van der Waals surface area contributed by atoms with Crippen molar-refractivity contribution in [2.45, 2.75) is 43.0 Å². The van der Waals surface area contributed by atoms with Crippen molar-refractivity contribution < 1.29 is 13.6 Å². The molecule has 2 atom stereocenters. The Labute approximate surface area is 199 Å². The summed E-state index contributed by atoms with van der Waals surface area (Å²) in [6.45, 7) is 0. The summed E-state index contributed by atoms with van der Waals surface area (Å²) in [7, 11) is 0.803. The summed E-state index contributed by atoms with van der Waals surface area (Å²) in [5, 5.41) is 11.8. The molecule has 9 heteroatoms. The van der Waals surface area contributed by atoms with E-state index in [9.17, 15) is 13.6 Å². The molecular formula is C25H25F2N5OS. The Kier molecular flexibility index (Phi) is 7.20. The molecule has 0 aliphatic carbocycles. The number of carbonyl (C=O) groups excluding carboxylic acids is 1. The number of rotatable bonds is 6. The number of carbonyl (C=O) groups is 1. The van der Waals surface area contributed by atoms with Gasteiger partial charge < -0.3 is 9.88 Å². The molecule has 2 aromatic carbocycles. The molecule has 0 bridgehead atoms. The number of nitrogens with zero attached hydrogens (tertiary/aromatic N) is 2. The number of benzene rings is 2. The minimum atomic E-state index is -0.967. The van der Waals surface area contributed by atoms with Gasteiger partial charge in [-0.3, -0.25) is 9.57 Å². The van der Waals surface area contributed by atoms with Crippen LogP contribution in [-0.4, -0.2) is 16.5 Å². The quantitative estimate of drug-likeness (QED) is 0.462. The molecule has 1 amide bonds. The van der Waals surface area contributed by atoms with Crippen molar-refractivity contribution in [2.75, 3.05) is 5.32 Å². The molecule has 0 fully saturated rings. The topological polar surface area (TPSA) is 93.7 Å². The minimum Gasteiger partial charge on any atom is -0.345 e. The third-order valence-corrected chi connectivity index (χ3v) is 7.35. The van der Waals surface area contributed by atoms with E-state index >= 15 is 0 Å². The maximum atomic E-state index is 13.6. The molecule has 0 spiro atoms. The average molecular weight is 482 g/mol. The molecule has 2 unspecified atom stereocenters. The molecule has 1 aromatic heterocycles. The summed E-state index contributed by atoms with van der Waals surface area (Å²) in [5.74, 6) is -1.23. The van der Waals surface area contributed by atoms with E-state index in [1.165, 1.54) is 24.3 Å². The fourth-order valence-corrected chi connectivity index (χ4v) is 5.66. The van der Waals surface area contributed by atoms with Crippen LogP contribution in [0.1, 0.15) is 46.4 Å². The van der Waals surface area contributed by atoms with E-state index in [0.717, 1.165) is 47.8 Å². The normalized spacial score (nSPS) is 17.5. The lowest BCUT2D eigenvalue weighted by atomic mass is 9.99. The predicted octanol–water partition coefficient (Wildman–Crippen LogP) is 5.01. The molecule has 2 heterocycles. The fraction of sp³-hybridized carbons (Fsp3) is 0.280. The zero-order valence-electron chi connectivity index (χ0n) is 18.7. The number of hydrogen-bond acceptors (Lipinski definition) is 3. The van der Waals surface area contributed by atoms with E-state index in [-0.39, 0.29) is 23.3 Å². The van der Waals surface area contributed by atoms with Crippen molar-refractivity contribution >= 4 is 22.5 Å². The number of hydrogen-bond donors (Lipinski definition) is 3. The van der Waals surface area contributed by atoms with Crippen LogP contribution in [0.25, 0.3) is 0 Å². The Hall–Kier alpha value is -3.35. The van der Waals surface area contributed by atoms with Crippen molar-refractivity contribution in [2.24, 2.45) is 7.05 Å². The van der Waals surface area contributed by atoms with Crippen molar-refractivity contribution in [3.8, 4) is 6.07 Å². The highest BCUT2D eigenvalue weighted by Gasteiger charge is 2.27. The van der Waals surface area contributed by atoms with Gasteiger partial charge in [-0.2, -0.15) is 5.26 Å². The second-order valence-corrected chi connectivity index (χ2v) is 9.66. The van der Waals surface area contributed by atoms with E-state index < -0.39 is 16.7 Å². The highest BCUT2D eigenvalue weighted by molar-refractivity contribution is 7.84. The maximum absolute atomic E-state index is 13.6. The van der Waals surface area contributed by atoms with Crippen molar-refractivity contribution in [1.29, 1.82) is 10.0 Å². The van der Waals surface area contributed by atoms with Crippen LogP contribution in [0, 0.1) is 27.7 Å². The Bertz CT molecular complexity index is 1280. The highest BCUT2D eigenvalue weighted by atomic mass is 32.2. The summed E-state index contributed by atoms with van der Waals surface area (Å²) < 4.78 is 40.5. The zero-order chi connectivity index (χ0) is 24.2. The number of nitriles is 1. The van der Waals surface area contributed by atoms with Gasteiger partial charge in [0, 0.05) is 25.0 Å². The molecule has 3 aromatic rings. The maximum Gasteiger partial charge on any atom is 0.272 e. The lowest BCUT2D eigenvalue weighted by Crippen LogP contribution is -2.29. The number of fused-ring (bicyclic) bond motifs is 1. The van der Waals surface area contributed by atoms with Crippen molar-refractivity contribution in [1.82, 2.24) is 9.29 Å². The van der Waals surface area contributed by atoms with E-state index in [1.807, 2.05) is 6.20 Å². The first-order chi connectivity index (χ1) is 16.4. The van der Waals surface area contributed by atoms with Gasteiger partial charge in [-0.1, -0.05) is 12.1 Å². The summed E-state index contributed by atoms with van der Waals surface area (Å²) >= 11 is 0. The van der Waals surface area contributed by atoms with Crippen molar-refractivity contribution in [3.05, 3.63) is 82.7 Å². The fourth-order valence-electron chi connectivity index (χ4n) is 4.26. The van der Waals surface area contributed by atoms with Gasteiger partial charge in [0.1, 0.15) is 23.4 Å². The van der Waals surface area contributed by atoms with Crippen LogP contribution in [0.3, 0.4) is 0 Å². The van der Waals surface area contributed by atoms with Crippen LogP contribution < -0.4 is 10.0 Å². The molecule has 1 aliphatic rings. The monoisotopic (exact) mass is 481 g/mol. The van der Waals surface area contributed by atoms with Gasteiger partial charge in [-0.25, -0.2) is 13.5 Å². The first kappa shape index (κ1) is 23.8. The second kappa shape index (κ2) is 10.3. The van der Waals surface area contributed by atoms with Gasteiger partial charge in [0.2, 0.25) is 0 Å². The standard InChI is InChI=1S/C25H25F2N5OS/c1-32-15-23-21(24(32)25(33)30-20-10-12-22(27)17(13-20)14-28)11-9-19(31-34(23)29)4-2-3-16-5-7-18(26)8-6-16/h5-8,10,12-13,15,19H,2-4,9,11H2,1H3,(H2,29,31)(H,30,33). The first-order valence-electron chi connectivity index (χ1n) is 11.0. The zero-order valence-corrected chi connectivity index (χ0v) is 19.5. The van der Waals surface area contributed by atoms with Crippen LogP contribution >= 0.6 is 0 Å². The highest BCUT2D eigenvalue weighted by Crippen LogP contribution is 2.28. The van der Waals surface area contributed by atoms with Crippen molar-refractivity contribution in [3.63, 3.8) is 0 Å². The molecule has 176 valence electrons. The van der Waals surface area contributed by atoms with Gasteiger partial charge in [0.05, 0.1) is 10.5 Å². The third-order valence-electron chi connectivity index (χ3n) is 5.99. The van der Waals surface area contributed by atoms with Gasteiger partial charge in [0.15, 0.2) is 0 Å². The lowest BCUT2D eigenvalue weighted by molar-refractivity contribution is 0.101. The Morgan fingerprint density at radius 2 is 2.06 bits per heavy atom. The molecule has 0 radical (unpaired) electrons. The van der Waals surface area contributed by atoms with Gasteiger partial charge in [0.25, 0.3) is 5.91 Å². The van der Waals surface area contributed by atoms with Crippen LogP contribution in [0.2, 0.25) is 0 Å². The number of aryl methyl sites for hydroxylation is 2. The van der Waals surface area contributed by atoms with Crippen LogP contribution in [0.15, 0.2) is 53.6 Å². The molecule has 6 nitrogen and oxygen atoms in total. The van der Waals surface area contributed by atoms with Gasteiger partial charge in [-0.15, -0.1) is 0 Å². The average Bonchev–Trinajstić information content (AvgIpc) is 3.08. The number of nitrogens with one attached hydrogen (secondary N) is 3. The number of halogens is 2. The third kappa shape index (κ3) is 5.24. The van der Waals surface area contributed by atoms with Gasteiger partial charge >= 0.3 is 0 Å². The largest absolute Gasteiger partial charge is 0.345 e. The Balaban J connectivity index is 1.44. The van der Waals surface area contributed by atoms with Crippen LogP contribution in [-0.2, 0) is 30.8 Å². The minimum absolute atomic E-state index is 0.135. The number of aromatic nitrogens is 1. The number of amides is 1. The first-order valence-corrected chi connectivity index (χ1v) is 12.2. The SMILES string of the molecule is Cn1cc2c(c1C(=O)Nc1ccc(F)c(C#N)c1)CCC(CCCc1ccc(F)cc1)NS2=N. The number of anilines is 1. The van der Waals surface area contributed by atoms with E-state index in [4.69, 9.17) is 10.0 Å². The molecule has 34 heavy (non-hydrogen) atoms. The van der Waals surface area contributed by atoms with Crippen LogP contribution in [0.4, 0.5) is 14.5 Å². The van der Waals surface area contributed by atoms with E-state index in [1.54, 1.807) is 29.8 Å². The Morgan fingerprint density at radius 3 is 2.79 bits per heavy atom. The predicted molar refractivity (Wildman–Crippen MR) is 127 cm³/mol. The molecule has 4 rings (SSSR count).